The highest BCUT2D eigenvalue weighted by Gasteiger charge is 2.26. The number of unbranched alkanes of at least 4 members (excludes halogenated alkanes) is 2. The summed E-state index contributed by atoms with van der Waals surface area (Å²) in [6.45, 7) is 1.34. The number of nitrogens with one attached hydrogen (secondary N) is 4. The Morgan fingerprint density at radius 3 is 2.30 bits per heavy atom. The van der Waals surface area contributed by atoms with Crippen LogP contribution in [0, 0.1) is 0 Å². The maximum Gasteiger partial charge on any atom is 0.242 e. The molecule has 2 atom stereocenters. The van der Waals surface area contributed by atoms with Gasteiger partial charge in [0.1, 0.15) is 6.04 Å². The Morgan fingerprint density at radius 1 is 0.884 bits per heavy atom. The van der Waals surface area contributed by atoms with Crippen molar-refractivity contribution in [3.05, 3.63) is 78.4 Å². The third-order valence-electron chi connectivity index (χ3n) is 6.88. The molecule has 12 heteroatoms. The minimum atomic E-state index is -0.780. The fourth-order valence-electron chi connectivity index (χ4n) is 4.48. The molecule has 1 aromatic heterocycles. The van der Waals surface area contributed by atoms with Crippen LogP contribution in [0.1, 0.15) is 48.2 Å². The molecule has 0 bridgehead atoms. The first kappa shape index (κ1) is 33.0. The molecule has 12 nitrogen and oxygen atoms in total. The van der Waals surface area contributed by atoms with Crippen molar-refractivity contribution < 1.29 is 14.4 Å². The van der Waals surface area contributed by atoms with E-state index in [4.69, 9.17) is 17.2 Å². The van der Waals surface area contributed by atoms with Gasteiger partial charge in [0.2, 0.25) is 11.8 Å². The molecule has 3 rings (SSSR count). The van der Waals surface area contributed by atoms with Gasteiger partial charge in [-0.2, -0.15) is 0 Å². The molecule has 43 heavy (non-hydrogen) atoms. The van der Waals surface area contributed by atoms with E-state index in [0.717, 1.165) is 23.2 Å². The van der Waals surface area contributed by atoms with Gasteiger partial charge >= 0.3 is 0 Å². The number of aromatic nitrogens is 2. The average Bonchev–Trinajstić information content (AvgIpc) is 3.54. The SMILES string of the molecule is NCCCC[C@H](NC(=O)[C@H](Cc1cnc[nH]1)NCC(=O)c1ccc(-c2ccccc2)cc1)C(=O)NCCCCN=C(N)N. The van der Waals surface area contributed by atoms with Crippen molar-refractivity contribution in [2.75, 3.05) is 26.2 Å². The summed E-state index contributed by atoms with van der Waals surface area (Å²) < 4.78 is 0. The van der Waals surface area contributed by atoms with Gasteiger partial charge < -0.3 is 32.8 Å². The second-order valence-electron chi connectivity index (χ2n) is 10.2. The molecule has 0 aliphatic heterocycles. The Bertz CT molecular complexity index is 1290. The summed E-state index contributed by atoms with van der Waals surface area (Å²) in [7, 11) is 0. The minimum Gasteiger partial charge on any atom is -0.370 e. The second kappa shape index (κ2) is 18.1. The van der Waals surface area contributed by atoms with E-state index in [2.05, 4.69) is 30.9 Å². The van der Waals surface area contributed by atoms with Crippen molar-refractivity contribution in [1.29, 1.82) is 0 Å². The first-order valence-corrected chi connectivity index (χ1v) is 14.6. The molecular formula is C31H43N9O3. The highest BCUT2D eigenvalue weighted by molar-refractivity contribution is 5.98. The first-order chi connectivity index (χ1) is 20.9. The third kappa shape index (κ3) is 11.7. The van der Waals surface area contributed by atoms with Crippen molar-refractivity contribution >= 4 is 23.6 Å². The van der Waals surface area contributed by atoms with Gasteiger partial charge in [0.15, 0.2) is 11.7 Å². The van der Waals surface area contributed by atoms with Crippen LogP contribution in [0.25, 0.3) is 11.1 Å². The number of amides is 2. The highest BCUT2D eigenvalue weighted by Crippen LogP contribution is 2.19. The normalized spacial score (nSPS) is 12.2. The van der Waals surface area contributed by atoms with Crippen LogP contribution in [-0.2, 0) is 16.0 Å². The predicted octanol–water partition coefficient (Wildman–Crippen LogP) is 1.24. The number of Topliss-reactive ketones (excluding diaryl/α,β-unsaturated/α-hetero) is 1. The predicted molar refractivity (Wildman–Crippen MR) is 168 cm³/mol. The maximum absolute atomic E-state index is 13.5. The molecule has 0 fully saturated rings. The fourth-order valence-corrected chi connectivity index (χ4v) is 4.48. The summed E-state index contributed by atoms with van der Waals surface area (Å²) in [6, 6.07) is 15.8. The molecule has 10 N–H and O–H groups in total. The lowest BCUT2D eigenvalue weighted by Crippen LogP contribution is -2.54. The summed E-state index contributed by atoms with van der Waals surface area (Å²) in [5.41, 5.74) is 19.7. The van der Waals surface area contributed by atoms with Crippen LogP contribution in [0.3, 0.4) is 0 Å². The van der Waals surface area contributed by atoms with Crippen LogP contribution < -0.4 is 33.2 Å². The largest absolute Gasteiger partial charge is 0.370 e. The number of nitrogens with two attached hydrogens (primary N) is 3. The summed E-state index contributed by atoms with van der Waals surface area (Å²) in [5.74, 6) is -0.780. The average molecular weight is 590 g/mol. The van der Waals surface area contributed by atoms with Crippen molar-refractivity contribution in [3.63, 3.8) is 0 Å². The minimum absolute atomic E-state index is 0.0349. The summed E-state index contributed by atoms with van der Waals surface area (Å²) >= 11 is 0. The van der Waals surface area contributed by atoms with Crippen molar-refractivity contribution in [2.24, 2.45) is 22.2 Å². The van der Waals surface area contributed by atoms with E-state index < -0.39 is 12.1 Å². The van der Waals surface area contributed by atoms with Gasteiger partial charge in [0.05, 0.1) is 18.9 Å². The monoisotopic (exact) mass is 589 g/mol. The number of carbonyl (C=O) groups excluding carboxylic acids is 3. The van der Waals surface area contributed by atoms with E-state index in [9.17, 15) is 14.4 Å². The molecule has 1 heterocycles. The molecule has 0 saturated carbocycles. The Balaban J connectivity index is 1.62. The molecule has 3 aromatic rings. The molecule has 0 radical (unpaired) electrons. The number of rotatable bonds is 19. The van der Waals surface area contributed by atoms with E-state index in [1.807, 2.05) is 42.5 Å². The van der Waals surface area contributed by atoms with Crippen LogP contribution in [-0.4, -0.2) is 71.8 Å². The third-order valence-corrected chi connectivity index (χ3v) is 6.88. The summed E-state index contributed by atoms with van der Waals surface area (Å²) in [6.07, 6.45) is 6.65. The van der Waals surface area contributed by atoms with Gasteiger partial charge in [0, 0.05) is 37.0 Å². The van der Waals surface area contributed by atoms with Gasteiger partial charge in [-0.15, -0.1) is 0 Å². The number of aromatic amines is 1. The van der Waals surface area contributed by atoms with Crippen LogP contribution >= 0.6 is 0 Å². The Kier molecular flexibility index (Phi) is 13.9. The summed E-state index contributed by atoms with van der Waals surface area (Å²) in [4.78, 5) is 50.5. The topological polar surface area (TPSA) is 206 Å². The lowest BCUT2D eigenvalue weighted by atomic mass is 10.0. The van der Waals surface area contributed by atoms with E-state index in [0.29, 0.717) is 50.9 Å². The molecule has 0 aliphatic rings. The van der Waals surface area contributed by atoms with Crippen LogP contribution in [0.4, 0.5) is 0 Å². The van der Waals surface area contributed by atoms with Gasteiger partial charge in [-0.25, -0.2) is 4.98 Å². The molecule has 0 unspecified atom stereocenters. The van der Waals surface area contributed by atoms with E-state index in [-0.39, 0.29) is 36.5 Å². The molecule has 0 saturated heterocycles. The van der Waals surface area contributed by atoms with Gasteiger partial charge in [-0.05, 0) is 49.8 Å². The van der Waals surface area contributed by atoms with Gasteiger partial charge in [-0.1, -0.05) is 54.6 Å². The van der Waals surface area contributed by atoms with E-state index in [1.165, 1.54) is 6.33 Å². The van der Waals surface area contributed by atoms with Gasteiger partial charge in [-0.3, -0.25) is 24.7 Å². The number of H-pyrrole nitrogens is 1. The van der Waals surface area contributed by atoms with Crippen LogP contribution in [0.15, 0.2) is 72.1 Å². The second-order valence-corrected chi connectivity index (χ2v) is 10.2. The van der Waals surface area contributed by atoms with Crippen molar-refractivity contribution in [2.45, 2.75) is 50.6 Å². The number of nitrogens with zero attached hydrogens (tertiary/aromatic N) is 2. The Hall–Kier alpha value is -4.55. The van der Waals surface area contributed by atoms with Gasteiger partial charge in [0.25, 0.3) is 0 Å². The van der Waals surface area contributed by atoms with E-state index in [1.54, 1.807) is 18.3 Å². The number of imidazole rings is 1. The molecule has 2 aromatic carbocycles. The zero-order valence-electron chi connectivity index (χ0n) is 24.4. The number of hydrogen-bond donors (Lipinski definition) is 7. The van der Waals surface area contributed by atoms with Crippen molar-refractivity contribution in [1.82, 2.24) is 25.9 Å². The quantitative estimate of drug-likeness (QED) is 0.0467. The number of hydrogen-bond acceptors (Lipinski definition) is 7. The molecular weight excluding hydrogens is 546 g/mol. The number of benzene rings is 2. The zero-order chi connectivity index (χ0) is 30.9. The molecule has 0 spiro atoms. The lowest BCUT2D eigenvalue weighted by Gasteiger charge is -2.23. The standard InChI is InChI=1S/C31H43N9O3/c32-15-5-4-10-26(29(42)36-16-6-7-17-37-31(33)34)40-30(43)27(18-25-19-35-21-39-25)38-20-28(41)24-13-11-23(12-14-24)22-8-2-1-3-9-22/h1-3,8-9,11-14,19,21,26-27,38H,4-7,10,15-18,20,32H2,(H,35,39)(H,36,42)(H,40,43)(H4,33,34,37)/t26-,27-/m0/s1. The number of ketones is 1. The Morgan fingerprint density at radius 2 is 1.63 bits per heavy atom. The molecule has 230 valence electrons. The van der Waals surface area contributed by atoms with E-state index >= 15 is 0 Å². The maximum atomic E-state index is 13.5. The van der Waals surface area contributed by atoms with Crippen LogP contribution in [0.5, 0.6) is 0 Å². The highest BCUT2D eigenvalue weighted by atomic mass is 16.2. The van der Waals surface area contributed by atoms with Crippen molar-refractivity contribution in [3.8, 4) is 11.1 Å². The smallest absolute Gasteiger partial charge is 0.242 e. The number of carbonyl (C=O) groups is 3. The van der Waals surface area contributed by atoms with Crippen LogP contribution in [0.2, 0.25) is 0 Å². The summed E-state index contributed by atoms with van der Waals surface area (Å²) in [5, 5.41) is 8.87. The Labute approximate surface area is 252 Å². The lowest BCUT2D eigenvalue weighted by molar-refractivity contribution is -0.130. The molecule has 2 amide bonds. The number of aliphatic imine (C=N–C) groups is 1. The molecule has 0 aliphatic carbocycles. The number of guanidine groups is 1. The first-order valence-electron chi connectivity index (χ1n) is 14.6. The fraction of sp³-hybridized carbons (Fsp3) is 0.387. The zero-order valence-corrected chi connectivity index (χ0v) is 24.4.